The van der Waals surface area contributed by atoms with Crippen molar-refractivity contribution in [3.05, 3.63) is 33.9 Å². The van der Waals surface area contributed by atoms with E-state index < -0.39 is 22.2 Å². The maximum Gasteiger partial charge on any atom is 0.295 e. The first-order valence-electron chi connectivity index (χ1n) is 6.65. The van der Waals surface area contributed by atoms with Crippen LogP contribution in [-0.4, -0.2) is 35.5 Å². The number of anilines is 1. The molecule has 0 spiro atoms. The second-order valence-electron chi connectivity index (χ2n) is 4.82. The van der Waals surface area contributed by atoms with Crippen LogP contribution in [0.1, 0.15) is 19.8 Å². The third-order valence-electron chi connectivity index (χ3n) is 3.69. The number of rotatable bonds is 5. The fourth-order valence-electron chi connectivity index (χ4n) is 2.62. The van der Waals surface area contributed by atoms with Gasteiger partial charge in [0, 0.05) is 18.7 Å². The molecule has 1 unspecified atom stereocenters. The molecule has 1 saturated heterocycles. The summed E-state index contributed by atoms with van der Waals surface area (Å²) in [5.41, 5.74) is -0.803. The standard InChI is InChI=1S/C13H17F2N3O2/c1-2-17-7-3-4-9(17)8-16-13-11(18(19)20)6-5-10(14)12(13)15/h5-6,9,16H,2-4,7-8H2,1H3. The van der Waals surface area contributed by atoms with Crippen molar-refractivity contribution in [1.29, 1.82) is 0 Å². The van der Waals surface area contributed by atoms with Gasteiger partial charge in [-0.3, -0.25) is 15.0 Å². The maximum atomic E-state index is 13.7. The van der Waals surface area contributed by atoms with Gasteiger partial charge in [0.2, 0.25) is 0 Å². The third-order valence-corrected chi connectivity index (χ3v) is 3.69. The lowest BCUT2D eigenvalue weighted by Crippen LogP contribution is -2.34. The summed E-state index contributed by atoms with van der Waals surface area (Å²) in [5.74, 6) is -2.28. The highest BCUT2D eigenvalue weighted by atomic mass is 19.2. The van der Waals surface area contributed by atoms with E-state index in [0.717, 1.165) is 38.1 Å². The lowest BCUT2D eigenvalue weighted by atomic mass is 10.2. The van der Waals surface area contributed by atoms with Crippen molar-refractivity contribution >= 4 is 11.4 Å². The molecule has 2 rings (SSSR count). The minimum atomic E-state index is -1.19. The Kier molecular flexibility index (Phi) is 4.49. The fourth-order valence-corrected chi connectivity index (χ4v) is 2.62. The number of nitro groups is 1. The average Bonchev–Trinajstić information content (AvgIpc) is 2.87. The molecule has 7 heteroatoms. The van der Waals surface area contributed by atoms with Crippen LogP contribution in [0.15, 0.2) is 12.1 Å². The molecule has 1 aliphatic heterocycles. The molecule has 1 N–H and O–H groups in total. The predicted molar refractivity (Wildman–Crippen MR) is 71.8 cm³/mol. The summed E-state index contributed by atoms with van der Waals surface area (Å²) in [6.45, 7) is 4.25. The van der Waals surface area contributed by atoms with Crippen LogP contribution in [0.25, 0.3) is 0 Å². The van der Waals surface area contributed by atoms with Gasteiger partial charge in [-0.2, -0.15) is 0 Å². The monoisotopic (exact) mass is 285 g/mol. The molecule has 110 valence electrons. The molecule has 0 aliphatic carbocycles. The van der Waals surface area contributed by atoms with Gasteiger partial charge >= 0.3 is 0 Å². The molecule has 1 aromatic carbocycles. The Morgan fingerprint density at radius 3 is 2.90 bits per heavy atom. The maximum absolute atomic E-state index is 13.7. The highest BCUT2D eigenvalue weighted by Crippen LogP contribution is 2.29. The summed E-state index contributed by atoms with van der Waals surface area (Å²) in [4.78, 5) is 12.4. The lowest BCUT2D eigenvalue weighted by molar-refractivity contribution is -0.384. The molecule has 0 aromatic heterocycles. The van der Waals surface area contributed by atoms with Crippen LogP contribution in [0.3, 0.4) is 0 Å². The van der Waals surface area contributed by atoms with Crippen LogP contribution in [0.2, 0.25) is 0 Å². The van der Waals surface area contributed by atoms with Gasteiger partial charge in [-0.15, -0.1) is 0 Å². The third kappa shape index (κ3) is 2.87. The number of benzene rings is 1. The number of nitrogens with zero attached hydrogens (tertiary/aromatic N) is 2. The number of likely N-dealkylation sites (tertiary alicyclic amines) is 1. The van der Waals surface area contributed by atoms with Crippen LogP contribution in [0.5, 0.6) is 0 Å². The van der Waals surface area contributed by atoms with Crippen molar-refractivity contribution in [2.24, 2.45) is 0 Å². The summed E-state index contributed by atoms with van der Waals surface area (Å²) in [6, 6.07) is 1.95. The zero-order chi connectivity index (χ0) is 14.7. The molecule has 0 bridgehead atoms. The first-order chi connectivity index (χ1) is 9.54. The summed E-state index contributed by atoms with van der Waals surface area (Å²) in [5, 5.41) is 13.6. The highest BCUT2D eigenvalue weighted by molar-refractivity contribution is 5.62. The van der Waals surface area contributed by atoms with E-state index >= 15 is 0 Å². The van der Waals surface area contributed by atoms with Gasteiger partial charge in [0.25, 0.3) is 5.69 Å². The van der Waals surface area contributed by atoms with E-state index in [4.69, 9.17) is 0 Å². The Morgan fingerprint density at radius 1 is 1.50 bits per heavy atom. The van der Waals surface area contributed by atoms with Crippen LogP contribution in [0, 0.1) is 21.7 Å². The van der Waals surface area contributed by atoms with Crippen molar-refractivity contribution < 1.29 is 13.7 Å². The smallest absolute Gasteiger partial charge is 0.295 e. The van der Waals surface area contributed by atoms with E-state index in [1.807, 2.05) is 6.92 Å². The van der Waals surface area contributed by atoms with E-state index in [-0.39, 0.29) is 11.7 Å². The van der Waals surface area contributed by atoms with Crippen molar-refractivity contribution in [2.75, 3.05) is 25.0 Å². The summed E-state index contributed by atoms with van der Waals surface area (Å²) in [6.07, 6.45) is 2.00. The average molecular weight is 285 g/mol. The van der Waals surface area contributed by atoms with Gasteiger partial charge in [-0.05, 0) is 32.0 Å². The van der Waals surface area contributed by atoms with E-state index in [1.165, 1.54) is 0 Å². The molecule has 5 nitrogen and oxygen atoms in total. The Hall–Kier alpha value is -1.76. The molecule has 0 radical (unpaired) electrons. The Morgan fingerprint density at radius 2 is 2.25 bits per heavy atom. The van der Waals surface area contributed by atoms with Crippen LogP contribution >= 0.6 is 0 Å². The van der Waals surface area contributed by atoms with Crippen molar-refractivity contribution in [3.63, 3.8) is 0 Å². The van der Waals surface area contributed by atoms with Crippen molar-refractivity contribution in [3.8, 4) is 0 Å². The van der Waals surface area contributed by atoms with E-state index in [2.05, 4.69) is 10.2 Å². The number of likely N-dealkylation sites (N-methyl/N-ethyl adjacent to an activating group) is 1. The molecule has 1 fully saturated rings. The van der Waals surface area contributed by atoms with Crippen molar-refractivity contribution in [2.45, 2.75) is 25.8 Å². The largest absolute Gasteiger partial charge is 0.375 e. The zero-order valence-electron chi connectivity index (χ0n) is 11.2. The second kappa shape index (κ2) is 6.13. The molecule has 1 atom stereocenters. The Balaban J connectivity index is 2.16. The molecule has 1 aromatic rings. The highest BCUT2D eigenvalue weighted by Gasteiger charge is 2.26. The molecular formula is C13H17F2N3O2. The van der Waals surface area contributed by atoms with E-state index in [9.17, 15) is 18.9 Å². The van der Waals surface area contributed by atoms with Crippen LogP contribution in [0.4, 0.5) is 20.2 Å². The number of nitrogens with one attached hydrogen (secondary N) is 1. The first-order valence-corrected chi connectivity index (χ1v) is 6.65. The van der Waals surface area contributed by atoms with E-state index in [1.54, 1.807) is 0 Å². The normalized spacial score (nSPS) is 19.2. The molecule has 0 amide bonds. The molecule has 20 heavy (non-hydrogen) atoms. The van der Waals surface area contributed by atoms with E-state index in [0.29, 0.717) is 6.54 Å². The fraction of sp³-hybridized carbons (Fsp3) is 0.538. The SMILES string of the molecule is CCN1CCCC1CNc1c([N+](=O)[O-])ccc(F)c1F. The molecule has 0 saturated carbocycles. The zero-order valence-corrected chi connectivity index (χ0v) is 11.2. The molecular weight excluding hydrogens is 268 g/mol. The van der Waals surface area contributed by atoms with Crippen LogP contribution < -0.4 is 5.32 Å². The molecule has 1 heterocycles. The Labute approximate surface area is 115 Å². The van der Waals surface area contributed by atoms with Gasteiger partial charge in [-0.25, -0.2) is 8.78 Å². The number of hydrogen-bond acceptors (Lipinski definition) is 4. The van der Waals surface area contributed by atoms with Crippen LogP contribution in [-0.2, 0) is 0 Å². The topological polar surface area (TPSA) is 58.4 Å². The van der Waals surface area contributed by atoms with Gasteiger partial charge in [0.05, 0.1) is 4.92 Å². The van der Waals surface area contributed by atoms with Crippen molar-refractivity contribution in [1.82, 2.24) is 4.90 Å². The summed E-state index contributed by atoms with van der Waals surface area (Å²) in [7, 11) is 0. The number of halogens is 2. The number of hydrogen-bond donors (Lipinski definition) is 1. The number of nitro benzene ring substituents is 1. The van der Waals surface area contributed by atoms with Gasteiger partial charge in [0.1, 0.15) is 0 Å². The Bertz CT molecular complexity index is 511. The van der Waals surface area contributed by atoms with Gasteiger partial charge < -0.3 is 5.32 Å². The van der Waals surface area contributed by atoms with Gasteiger partial charge in [0.15, 0.2) is 17.3 Å². The quantitative estimate of drug-likeness (QED) is 0.667. The summed E-state index contributed by atoms with van der Waals surface area (Å²) >= 11 is 0. The first kappa shape index (κ1) is 14.6. The van der Waals surface area contributed by atoms with Gasteiger partial charge in [-0.1, -0.05) is 6.92 Å². The minimum Gasteiger partial charge on any atom is -0.375 e. The predicted octanol–water partition coefficient (Wildman–Crippen LogP) is 2.77. The minimum absolute atomic E-state index is 0.197. The second-order valence-corrected chi connectivity index (χ2v) is 4.82. The summed E-state index contributed by atoms with van der Waals surface area (Å²) < 4.78 is 26.9. The lowest BCUT2D eigenvalue weighted by Gasteiger charge is -2.23. The molecule has 1 aliphatic rings.